The lowest BCUT2D eigenvalue weighted by atomic mass is 10.0. The topological polar surface area (TPSA) is 77.9 Å². The van der Waals surface area contributed by atoms with Gasteiger partial charge in [0.15, 0.2) is 0 Å². The van der Waals surface area contributed by atoms with Gasteiger partial charge in [-0.15, -0.1) is 0 Å². The summed E-state index contributed by atoms with van der Waals surface area (Å²) in [6.45, 7) is 1.84. The van der Waals surface area contributed by atoms with E-state index < -0.39 is 5.97 Å². The van der Waals surface area contributed by atoms with Crippen LogP contribution in [0, 0.1) is 11.8 Å². The highest BCUT2D eigenvalue weighted by Crippen LogP contribution is 2.25. The summed E-state index contributed by atoms with van der Waals surface area (Å²) in [4.78, 5) is 37.6. The van der Waals surface area contributed by atoms with E-state index in [-0.39, 0.29) is 30.1 Å². The van der Waals surface area contributed by atoms with Crippen molar-refractivity contribution in [2.24, 2.45) is 11.8 Å². The van der Waals surface area contributed by atoms with E-state index in [0.717, 1.165) is 6.42 Å². The van der Waals surface area contributed by atoms with Crippen molar-refractivity contribution in [3.63, 3.8) is 0 Å². The fourth-order valence-corrected chi connectivity index (χ4v) is 2.88. The van der Waals surface area contributed by atoms with Crippen molar-refractivity contribution >= 4 is 17.8 Å². The van der Waals surface area contributed by atoms with Gasteiger partial charge in [-0.05, 0) is 18.8 Å². The van der Waals surface area contributed by atoms with Gasteiger partial charge in [-0.25, -0.2) is 0 Å². The number of nitrogens with zero attached hydrogens (tertiary/aromatic N) is 2. The molecule has 19 heavy (non-hydrogen) atoms. The van der Waals surface area contributed by atoms with E-state index >= 15 is 0 Å². The Balaban J connectivity index is 1.82. The van der Waals surface area contributed by atoms with Crippen LogP contribution in [0.25, 0.3) is 0 Å². The zero-order valence-electron chi connectivity index (χ0n) is 11.2. The molecule has 2 fully saturated rings. The summed E-state index contributed by atoms with van der Waals surface area (Å²) in [7, 11) is 1.72. The molecule has 0 aliphatic carbocycles. The van der Waals surface area contributed by atoms with Crippen molar-refractivity contribution in [2.75, 3.05) is 26.7 Å². The smallest absolute Gasteiger partial charge is 0.303 e. The molecule has 6 heteroatoms. The third-order valence-electron chi connectivity index (χ3n) is 4.05. The molecule has 2 unspecified atom stereocenters. The average Bonchev–Trinajstić information content (AvgIpc) is 2.94. The van der Waals surface area contributed by atoms with E-state index in [1.165, 1.54) is 0 Å². The first kappa shape index (κ1) is 13.8. The number of aliphatic carboxylic acids is 1. The zero-order chi connectivity index (χ0) is 14.0. The second-order valence-corrected chi connectivity index (χ2v) is 5.55. The Morgan fingerprint density at radius 1 is 1.37 bits per heavy atom. The highest BCUT2D eigenvalue weighted by atomic mass is 16.4. The molecule has 6 nitrogen and oxygen atoms in total. The summed E-state index contributed by atoms with van der Waals surface area (Å²) >= 11 is 0. The van der Waals surface area contributed by atoms with Gasteiger partial charge in [-0.3, -0.25) is 14.4 Å². The van der Waals surface area contributed by atoms with Crippen LogP contribution in [-0.4, -0.2) is 59.4 Å². The number of carbonyl (C=O) groups excluding carboxylic acids is 2. The first-order valence-electron chi connectivity index (χ1n) is 6.72. The SMILES string of the molecule is CN1CC(C(=O)N2CCC(CCC(=O)O)C2)CC1=O. The van der Waals surface area contributed by atoms with Crippen molar-refractivity contribution < 1.29 is 19.5 Å². The summed E-state index contributed by atoms with van der Waals surface area (Å²) in [5.74, 6) is -0.631. The van der Waals surface area contributed by atoms with Gasteiger partial charge in [0.05, 0.1) is 5.92 Å². The molecular formula is C13H20N2O4. The van der Waals surface area contributed by atoms with E-state index in [1.54, 1.807) is 16.8 Å². The minimum absolute atomic E-state index is 0.0278. The molecule has 0 radical (unpaired) electrons. The molecule has 2 atom stereocenters. The zero-order valence-corrected chi connectivity index (χ0v) is 11.2. The second-order valence-electron chi connectivity index (χ2n) is 5.55. The monoisotopic (exact) mass is 268 g/mol. The first-order chi connectivity index (χ1) is 8.97. The number of rotatable bonds is 4. The van der Waals surface area contributed by atoms with Gasteiger partial charge >= 0.3 is 5.97 Å². The second kappa shape index (κ2) is 5.59. The summed E-state index contributed by atoms with van der Waals surface area (Å²) in [6.07, 6.45) is 1.97. The molecule has 2 heterocycles. The van der Waals surface area contributed by atoms with Crippen LogP contribution in [0.4, 0.5) is 0 Å². The number of carboxylic acid groups (broad SMARTS) is 1. The van der Waals surface area contributed by atoms with Gasteiger partial charge in [0, 0.05) is 39.5 Å². The Morgan fingerprint density at radius 3 is 2.68 bits per heavy atom. The van der Waals surface area contributed by atoms with Crippen LogP contribution in [0.1, 0.15) is 25.7 Å². The molecule has 1 N–H and O–H groups in total. The predicted molar refractivity (Wildman–Crippen MR) is 67.3 cm³/mol. The molecule has 0 aromatic heterocycles. The lowest BCUT2D eigenvalue weighted by molar-refractivity contribution is -0.137. The van der Waals surface area contributed by atoms with E-state index in [0.29, 0.717) is 32.5 Å². The van der Waals surface area contributed by atoms with Gasteiger partial charge in [0.25, 0.3) is 0 Å². The quantitative estimate of drug-likeness (QED) is 0.789. The van der Waals surface area contributed by atoms with Crippen molar-refractivity contribution in [2.45, 2.75) is 25.7 Å². The van der Waals surface area contributed by atoms with Gasteiger partial charge in [0.2, 0.25) is 11.8 Å². The fourth-order valence-electron chi connectivity index (χ4n) is 2.88. The van der Waals surface area contributed by atoms with Crippen LogP contribution in [-0.2, 0) is 14.4 Å². The molecule has 0 aromatic carbocycles. The predicted octanol–water partition coefficient (Wildman–Crippen LogP) is 0.178. The fraction of sp³-hybridized carbons (Fsp3) is 0.769. The number of hydrogen-bond acceptors (Lipinski definition) is 3. The van der Waals surface area contributed by atoms with E-state index in [9.17, 15) is 14.4 Å². The lowest BCUT2D eigenvalue weighted by Crippen LogP contribution is -2.35. The average molecular weight is 268 g/mol. The van der Waals surface area contributed by atoms with Gasteiger partial charge < -0.3 is 14.9 Å². The number of carboxylic acids is 1. The minimum atomic E-state index is -0.784. The van der Waals surface area contributed by atoms with Gasteiger partial charge in [-0.2, -0.15) is 0 Å². The molecule has 2 aliphatic heterocycles. The first-order valence-corrected chi connectivity index (χ1v) is 6.72. The van der Waals surface area contributed by atoms with Crippen LogP contribution in [0.15, 0.2) is 0 Å². The van der Waals surface area contributed by atoms with Crippen LogP contribution in [0.2, 0.25) is 0 Å². The molecule has 0 saturated carbocycles. The molecular weight excluding hydrogens is 248 g/mol. The molecule has 2 rings (SSSR count). The number of likely N-dealkylation sites (tertiary alicyclic amines) is 2. The van der Waals surface area contributed by atoms with Crippen LogP contribution >= 0.6 is 0 Å². The van der Waals surface area contributed by atoms with E-state index in [2.05, 4.69) is 0 Å². The molecule has 106 valence electrons. The standard InChI is InChI=1S/C13H20N2O4/c1-14-8-10(6-11(14)16)13(19)15-5-4-9(7-15)2-3-12(17)18/h9-10H,2-8H2,1H3,(H,17,18). The lowest BCUT2D eigenvalue weighted by Gasteiger charge is -2.20. The summed E-state index contributed by atoms with van der Waals surface area (Å²) in [5.41, 5.74) is 0. The summed E-state index contributed by atoms with van der Waals surface area (Å²) < 4.78 is 0. The highest BCUT2D eigenvalue weighted by Gasteiger charge is 2.37. The number of amides is 2. The van der Waals surface area contributed by atoms with Crippen molar-refractivity contribution in [3.05, 3.63) is 0 Å². The minimum Gasteiger partial charge on any atom is -0.481 e. The molecule has 0 spiro atoms. The molecule has 2 aliphatic rings. The van der Waals surface area contributed by atoms with Gasteiger partial charge in [-0.1, -0.05) is 0 Å². The summed E-state index contributed by atoms with van der Waals surface area (Å²) in [6, 6.07) is 0. The Bertz CT molecular complexity index is 396. The molecule has 0 bridgehead atoms. The highest BCUT2D eigenvalue weighted by molar-refractivity contribution is 5.89. The Morgan fingerprint density at radius 2 is 2.11 bits per heavy atom. The van der Waals surface area contributed by atoms with Crippen LogP contribution < -0.4 is 0 Å². The molecule has 2 saturated heterocycles. The largest absolute Gasteiger partial charge is 0.481 e. The molecule has 0 aromatic rings. The number of carbonyl (C=O) groups is 3. The van der Waals surface area contributed by atoms with Crippen LogP contribution in [0.5, 0.6) is 0 Å². The normalized spacial score (nSPS) is 27.1. The maximum atomic E-state index is 12.3. The third kappa shape index (κ3) is 3.24. The Labute approximate surface area is 112 Å². The van der Waals surface area contributed by atoms with E-state index in [1.807, 2.05) is 0 Å². The number of hydrogen-bond donors (Lipinski definition) is 1. The Kier molecular flexibility index (Phi) is 4.07. The maximum Gasteiger partial charge on any atom is 0.303 e. The third-order valence-corrected chi connectivity index (χ3v) is 4.05. The Hall–Kier alpha value is -1.59. The summed E-state index contributed by atoms with van der Waals surface area (Å²) in [5, 5.41) is 8.66. The molecule has 2 amide bonds. The van der Waals surface area contributed by atoms with Crippen LogP contribution in [0.3, 0.4) is 0 Å². The maximum absolute atomic E-state index is 12.3. The van der Waals surface area contributed by atoms with E-state index in [4.69, 9.17) is 5.11 Å². The van der Waals surface area contributed by atoms with Crippen molar-refractivity contribution in [1.82, 2.24) is 9.80 Å². The van der Waals surface area contributed by atoms with Gasteiger partial charge in [0.1, 0.15) is 0 Å². The van der Waals surface area contributed by atoms with Crippen molar-refractivity contribution in [1.29, 1.82) is 0 Å². The van der Waals surface area contributed by atoms with Crippen molar-refractivity contribution in [3.8, 4) is 0 Å².